The maximum Gasteiger partial charge on any atom is 0.123 e. The van der Waals surface area contributed by atoms with Crippen LogP contribution in [0, 0.1) is 0 Å². The van der Waals surface area contributed by atoms with Crippen molar-refractivity contribution in [2.24, 2.45) is 0 Å². The van der Waals surface area contributed by atoms with Gasteiger partial charge in [-0.3, -0.25) is 4.90 Å². The molecule has 0 spiro atoms. The number of hydrogen-bond donors (Lipinski definition) is 1. The largest absolute Gasteiger partial charge is 0.486 e. The van der Waals surface area contributed by atoms with Gasteiger partial charge in [0.1, 0.15) is 11.4 Å². The summed E-state index contributed by atoms with van der Waals surface area (Å²) < 4.78 is 6.14. The third-order valence-corrected chi connectivity index (χ3v) is 3.66. The van der Waals surface area contributed by atoms with E-state index in [9.17, 15) is 0 Å². The third-order valence-electron chi connectivity index (χ3n) is 3.66. The number of piperazine rings is 1. The van der Waals surface area contributed by atoms with E-state index in [1.54, 1.807) is 0 Å². The van der Waals surface area contributed by atoms with Gasteiger partial charge >= 0.3 is 0 Å². The van der Waals surface area contributed by atoms with Crippen LogP contribution < -0.4 is 10.1 Å². The van der Waals surface area contributed by atoms with E-state index in [1.165, 1.54) is 5.56 Å². The molecule has 1 N–H and O–H groups in total. The zero-order valence-electron chi connectivity index (χ0n) is 10.4. The average Bonchev–Trinajstić information content (AvgIpc) is 2.66. The van der Waals surface area contributed by atoms with E-state index >= 15 is 0 Å². The molecular weight excluding hydrogens is 212 g/mol. The summed E-state index contributed by atoms with van der Waals surface area (Å²) in [5, 5.41) is 3.39. The summed E-state index contributed by atoms with van der Waals surface area (Å²) in [4.78, 5) is 2.50. The Bertz CT molecular complexity index is 374. The maximum atomic E-state index is 6.14. The molecule has 0 aliphatic carbocycles. The molecule has 1 aromatic carbocycles. The van der Waals surface area contributed by atoms with Gasteiger partial charge in [0.2, 0.25) is 0 Å². The highest BCUT2D eigenvalue weighted by atomic mass is 16.5. The molecule has 3 heteroatoms. The summed E-state index contributed by atoms with van der Waals surface area (Å²) in [6, 6.07) is 8.41. The van der Waals surface area contributed by atoms with E-state index in [0.29, 0.717) is 0 Å². The van der Waals surface area contributed by atoms with Crippen molar-refractivity contribution in [3.05, 3.63) is 29.8 Å². The minimum absolute atomic E-state index is 0.0406. The molecule has 0 aromatic heterocycles. The van der Waals surface area contributed by atoms with Crippen LogP contribution in [0.3, 0.4) is 0 Å². The van der Waals surface area contributed by atoms with Gasteiger partial charge < -0.3 is 10.1 Å². The second kappa shape index (κ2) is 4.31. The van der Waals surface area contributed by atoms with Crippen LogP contribution in [0.15, 0.2) is 24.3 Å². The van der Waals surface area contributed by atoms with E-state index in [1.807, 2.05) is 0 Å². The van der Waals surface area contributed by atoms with Gasteiger partial charge in [0.15, 0.2) is 0 Å². The molecule has 2 aliphatic heterocycles. The lowest BCUT2D eigenvalue weighted by atomic mass is 9.98. The van der Waals surface area contributed by atoms with Crippen molar-refractivity contribution in [1.29, 1.82) is 0 Å². The van der Waals surface area contributed by atoms with Gasteiger partial charge in [-0.2, -0.15) is 0 Å². The number of benzene rings is 1. The molecule has 3 nitrogen and oxygen atoms in total. The molecule has 0 radical (unpaired) electrons. The van der Waals surface area contributed by atoms with Gasteiger partial charge in [0.25, 0.3) is 0 Å². The van der Waals surface area contributed by atoms with Crippen LogP contribution in [0.2, 0.25) is 0 Å². The Morgan fingerprint density at radius 1 is 1.29 bits per heavy atom. The van der Waals surface area contributed by atoms with E-state index in [2.05, 4.69) is 41.4 Å². The lowest BCUT2D eigenvalue weighted by Crippen LogP contribution is -2.51. The van der Waals surface area contributed by atoms with E-state index in [0.717, 1.165) is 44.9 Å². The zero-order valence-corrected chi connectivity index (χ0v) is 10.4. The Labute approximate surface area is 103 Å². The Morgan fingerprint density at radius 2 is 2.06 bits per heavy atom. The van der Waals surface area contributed by atoms with Crippen LogP contribution in [0.4, 0.5) is 0 Å². The highest BCUT2D eigenvalue weighted by molar-refractivity contribution is 5.39. The third kappa shape index (κ3) is 2.31. The number of nitrogens with one attached hydrogen (secondary N) is 1. The lowest BCUT2D eigenvalue weighted by molar-refractivity contribution is 0.0583. The summed E-state index contributed by atoms with van der Waals surface area (Å²) in [6.07, 6.45) is 1.03. The molecule has 1 unspecified atom stereocenters. The van der Waals surface area contributed by atoms with E-state index < -0.39 is 0 Å². The standard InChI is InChI=1S/C14H20N2O/c1-14(11-16-8-6-15-7-9-16)10-12-4-2-3-5-13(12)17-14/h2-5,15H,6-11H2,1H3. The Balaban J connectivity index is 1.68. The Morgan fingerprint density at radius 3 is 2.82 bits per heavy atom. The van der Waals surface area contributed by atoms with Gasteiger partial charge in [-0.1, -0.05) is 18.2 Å². The van der Waals surface area contributed by atoms with Crippen molar-refractivity contribution >= 4 is 0 Å². The number of hydrogen-bond acceptors (Lipinski definition) is 3. The molecule has 2 aliphatic rings. The number of fused-ring (bicyclic) bond motifs is 1. The van der Waals surface area contributed by atoms with Gasteiger partial charge in [0.05, 0.1) is 0 Å². The molecule has 1 atom stereocenters. The first kappa shape index (κ1) is 11.1. The second-order valence-electron chi connectivity index (χ2n) is 5.36. The number of nitrogens with zero attached hydrogens (tertiary/aromatic N) is 1. The Kier molecular flexibility index (Phi) is 2.81. The predicted octanol–water partition coefficient (Wildman–Crippen LogP) is 1.29. The molecule has 0 bridgehead atoms. The highest BCUT2D eigenvalue weighted by Crippen LogP contribution is 2.35. The monoisotopic (exact) mass is 232 g/mol. The molecule has 0 saturated carbocycles. The SMILES string of the molecule is CC1(CN2CCNCC2)Cc2ccccc2O1. The molecule has 92 valence electrons. The van der Waals surface area contributed by atoms with Crippen molar-refractivity contribution in [3.63, 3.8) is 0 Å². The molecule has 1 aromatic rings. The van der Waals surface area contributed by atoms with Crippen LogP contribution in [0.5, 0.6) is 5.75 Å². The van der Waals surface area contributed by atoms with Gasteiger partial charge in [0, 0.05) is 39.1 Å². The topological polar surface area (TPSA) is 24.5 Å². The second-order valence-corrected chi connectivity index (χ2v) is 5.36. The molecular formula is C14H20N2O. The first-order valence-corrected chi connectivity index (χ1v) is 6.45. The van der Waals surface area contributed by atoms with Gasteiger partial charge in [-0.15, -0.1) is 0 Å². The Hall–Kier alpha value is -1.06. The first-order valence-electron chi connectivity index (χ1n) is 6.45. The van der Waals surface area contributed by atoms with Crippen LogP contribution in [-0.2, 0) is 6.42 Å². The van der Waals surface area contributed by atoms with Crippen LogP contribution in [0.1, 0.15) is 12.5 Å². The molecule has 3 rings (SSSR count). The van der Waals surface area contributed by atoms with Crippen molar-refractivity contribution < 1.29 is 4.74 Å². The summed E-state index contributed by atoms with van der Waals surface area (Å²) in [7, 11) is 0. The normalized spacial score (nSPS) is 28.8. The van der Waals surface area contributed by atoms with E-state index in [-0.39, 0.29) is 5.60 Å². The minimum atomic E-state index is -0.0406. The van der Waals surface area contributed by atoms with Crippen molar-refractivity contribution in [2.45, 2.75) is 18.9 Å². The van der Waals surface area contributed by atoms with Crippen LogP contribution in [0.25, 0.3) is 0 Å². The smallest absolute Gasteiger partial charge is 0.123 e. The lowest BCUT2D eigenvalue weighted by Gasteiger charge is -2.34. The molecule has 0 amide bonds. The number of para-hydroxylation sites is 1. The van der Waals surface area contributed by atoms with E-state index in [4.69, 9.17) is 4.74 Å². The molecule has 1 fully saturated rings. The fourth-order valence-electron chi connectivity index (χ4n) is 2.88. The summed E-state index contributed by atoms with van der Waals surface area (Å²) in [6.45, 7) is 7.73. The fraction of sp³-hybridized carbons (Fsp3) is 0.571. The molecule has 2 heterocycles. The maximum absolute atomic E-state index is 6.14. The van der Waals surface area contributed by atoms with Crippen LogP contribution in [-0.4, -0.2) is 43.2 Å². The predicted molar refractivity (Wildman–Crippen MR) is 68.5 cm³/mol. The van der Waals surface area contributed by atoms with Crippen molar-refractivity contribution in [1.82, 2.24) is 10.2 Å². The van der Waals surface area contributed by atoms with Gasteiger partial charge in [-0.25, -0.2) is 0 Å². The van der Waals surface area contributed by atoms with Gasteiger partial charge in [-0.05, 0) is 18.6 Å². The highest BCUT2D eigenvalue weighted by Gasteiger charge is 2.36. The first-order chi connectivity index (χ1) is 8.25. The summed E-state index contributed by atoms with van der Waals surface area (Å²) in [5.74, 6) is 1.07. The van der Waals surface area contributed by atoms with Crippen molar-refractivity contribution in [2.75, 3.05) is 32.7 Å². The number of rotatable bonds is 2. The fourth-order valence-corrected chi connectivity index (χ4v) is 2.88. The zero-order chi connectivity index (χ0) is 11.7. The number of ether oxygens (including phenoxy) is 1. The quantitative estimate of drug-likeness (QED) is 0.831. The summed E-state index contributed by atoms with van der Waals surface area (Å²) >= 11 is 0. The average molecular weight is 232 g/mol. The summed E-state index contributed by atoms with van der Waals surface area (Å²) in [5.41, 5.74) is 1.31. The molecule has 17 heavy (non-hydrogen) atoms. The minimum Gasteiger partial charge on any atom is -0.486 e. The van der Waals surface area contributed by atoms with Crippen molar-refractivity contribution in [3.8, 4) is 5.75 Å². The van der Waals surface area contributed by atoms with Crippen LogP contribution >= 0.6 is 0 Å². The molecule has 1 saturated heterocycles.